The molecule has 0 fully saturated rings. The summed E-state index contributed by atoms with van der Waals surface area (Å²) in [5, 5.41) is 10.2. The van der Waals surface area contributed by atoms with Gasteiger partial charge in [-0.1, -0.05) is 30.4 Å². The van der Waals surface area contributed by atoms with E-state index in [1.807, 2.05) is 48.1 Å². The number of carbonyl (C=O) groups excluding carboxylic acids is 4. The third-order valence-electron chi connectivity index (χ3n) is 8.01. The Bertz CT molecular complexity index is 2300. The second-order valence-corrected chi connectivity index (χ2v) is 11.4. The minimum absolute atomic E-state index is 0.277. The van der Waals surface area contributed by atoms with Crippen molar-refractivity contribution in [2.75, 3.05) is 10.6 Å². The molecule has 0 saturated heterocycles. The van der Waals surface area contributed by atoms with Crippen molar-refractivity contribution in [1.29, 1.82) is 0 Å². The molecule has 0 aliphatic heterocycles. The first-order chi connectivity index (χ1) is 23.5. The number of nitrogens with zero attached hydrogens (tertiary/aromatic N) is 6. The number of amides is 4. The summed E-state index contributed by atoms with van der Waals surface area (Å²) in [5.41, 5.74) is 16.4. The van der Waals surface area contributed by atoms with Crippen LogP contribution in [-0.2, 0) is 19.6 Å². The third-order valence-corrected chi connectivity index (χ3v) is 8.01. The van der Waals surface area contributed by atoms with Crippen molar-refractivity contribution in [3.63, 3.8) is 0 Å². The minimum Gasteiger partial charge on any atom is -0.366 e. The molecule has 248 valence electrons. The van der Waals surface area contributed by atoms with Crippen LogP contribution in [0.1, 0.15) is 59.7 Å². The van der Waals surface area contributed by atoms with Crippen molar-refractivity contribution in [1.82, 2.24) is 28.9 Å². The van der Waals surface area contributed by atoms with E-state index in [2.05, 4.69) is 25.7 Å². The summed E-state index contributed by atoms with van der Waals surface area (Å²) in [6, 6.07) is 18.7. The van der Waals surface area contributed by atoms with E-state index >= 15 is 0 Å². The summed E-state index contributed by atoms with van der Waals surface area (Å²) in [5.74, 6) is -1.33. The van der Waals surface area contributed by atoms with Gasteiger partial charge in [0, 0.05) is 36.3 Å². The monoisotopic (exact) mass is 658 g/mol. The second-order valence-electron chi connectivity index (χ2n) is 11.4. The Kier molecular flexibility index (Phi) is 8.77. The van der Waals surface area contributed by atoms with E-state index in [0.29, 0.717) is 69.8 Å². The summed E-state index contributed by atoms with van der Waals surface area (Å²) in [4.78, 5) is 59.6. The SMILES string of the molecule is CCn1nc(C)cc1C(=O)Nc1nc2cc(C(N)=O)cc(C)c2n1C/C=C/Cn1c(NC(=O)c2ccccc2)nc2cc(C(N)=O)ccc21. The minimum atomic E-state index is -0.589. The van der Waals surface area contributed by atoms with Gasteiger partial charge in [0.25, 0.3) is 11.8 Å². The molecule has 49 heavy (non-hydrogen) atoms. The highest BCUT2D eigenvalue weighted by atomic mass is 16.2. The number of nitrogens with two attached hydrogens (primary N) is 2. The van der Waals surface area contributed by atoms with Gasteiger partial charge in [-0.3, -0.25) is 34.5 Å². The predicted molar refractivity (Wildman–Crippen MR) is 185 cm³/mol. The maximum atomic E-state index is 13.4. The Balaban J connectivity index is 1.33. The Hall–Kier alpha value is -6.57. The molecule has 3 aromatic heterocycles. The van der Waals surface area contributed by atoms with Gasteiger partial charge in [-0.2, -0.15) is 5.10 Å². The maximum absolute atomic E-state index is 13.4. The van der Waals surface area contributed by atoms with Crippen molar-refractivity contribution < 1.29 is 19.2 Å². The summed E-state index contributed by atoms with van der Waals surface area (Å²) in [7, 11) is 0. The quantitative estimate of drug-likeness (QED) is 0.150. The first-order valence-corrected chi connectivity index (χ1v) is 15.5. The number of carbonyl (C=O) groups is 4. The molecule has 6 rings (SSSR count). The van der Waals surface area contributed by atoms with Gasteiger partial charge in [-0.25, -0.2) is 9.97 Å². The lowest BCUT2D eigenvalue weighted by Crippen LogP contribution is -2.20. The van der Waals surface area contributed by atoms with Gasteiger partial charge in [0.05, 0.1) is 27.8 Å². The van der Waals surface area contributed by atoms with Crippen molar-refractivity contribution in [2.45, 2.75) is 40.4 Å². The average molecular weight is 659 g/mol. The van der Waals surface area contributed by atoms with Crippen LogP contribution >= 0.6 is 0 Å². The molecule has 14 heteroatoms. The topological polar surface area (TPSA) is 198 Å². The van der Waals surface area contributed by atoms with Crippen LogP contribution in [0.4, 0.5) is 11.9 Å². The molecule has 0 aliphatic rings. The van der Waals surface area contributed by atoms with Gasteiger partial charge >= 0.3 is 0 Å². The molecule has 0 unspecified atom stereocenters. The molecule has 0 atom stereocenters. The van der Waals surface area contributed by atoms with Crippen LogP contribution < -0.4 is 22.1 Å². The smallest absolute Gasteiger partial charge is 0.276 e. The van der Waals surface area contributed by atoms with Gasteiger partial charge in [0.15, 0.2) is 0 Å². The molecule has 6 aromatic rings. The van der Waals surface area contributed by atoms with Gasteiger partial charge < -0.3 is 20.6 Å². The number of allylic oxidation sites excluding steroid dienone is 2. The van der Waals surface area contributed by atoms with Crippen LogP contribution in [0.2, 0.25) is 0 Å². The van der Waals surface area contributed by atoms with E-state index in [1.165, 1.54) is 0 Å². The average Bonchev–Trinajstić information content (AvgIpc) is 3.75. The molecular formula is C35H34N10O4. The van der Waals surface area contributed by atoms with E-state index in [0.717, 1.165) is 5.56 Å². The van der Waals surface area contributed by atoms with Gasteiger partial charge in [0.1, 0.15) is 5.69 Å². The van der Waals surface area contributed by atoms with E-state index in [4.69, 9.17) is 11.5 Å². The lowest BCUT2D eigenvalue weighted by Gasteiger charge is -2.11. The van der Waals surface area contributed by atoms with Gasteiger partial charge in [-0.05, 0) is 74.9 Å². The van der Waals surface area contributed by atoms with Gasteiger partial charge in [-0.15, -0.1) is 0 Å². The number of nitrogens with one attached hydrogen (secondary N) is 2. The number of imidazole rings is 2. The van der Waals surface area contributed by atoms with Crippen LogP contribution in [-0.4, -0.2) is 52.5 Å². The lowest BCUT2D eigenvalue weighted by molar-refractivity contribution is 0.0992. The Morgan fingerprint density at radius 1 is 0.735 bits per heavy atom. The summed E-state index contributed by atoms with van der Waals surface area (Å²) < 4.78 is 5.27. The summed E-state index contributed by atoms with van der Waals surface area (Å²) in [6.45, 7) is 6.66. The van der Waals surface area contributed by atoms with Gasteiger partial charge in [0.2, 0.25) is 23.7 Å². The number of primary amides is 2. The molecule has 0 aliphatic carbocycles. The number of anilines is 2. The van der Waals surface area contributed by atoms with Crippen molar-refractivity contribution in [3.05, 3.63) is 113 Å². The number of rotatable bonds is 11. The van der Waals surface area contributed by atoms with Crippen LogP contribution in [0.25, 0.3) is 22.1 Å². The zero-order valence-corrected chi connectivity index (χ0v) is 27.1. The normalized spacial score (nSPS) is 11.4. The molecule has 6 N–H and O–H groups in total. The highest BCUT2D eigenvalue weighted by Gasteiger charge is 2.20. The molecular weight excluding hydrogens is 624 g/mol. The fourth-order valence-electron chi connectivity index (χ4n) is 5.71. The van der Waals surface area contributed by atoms with Crippen LogP contribution in [0.3, 0.4) is 0 Å². The Morgan fingerprint density at radius 3 is 2.06 bits per heavy atom. The standard InChI is InChI=1S/C35H34N10O4/c1-4-45-28(17-21(3)42-45)33(49)41-35-39-26-19-24(31(37)47)16-20(2)29(26)44(35)15-9-8-14-43-27-13-12-23(30(36)46)18-25(27)38-34(43)40-32(48)22-10-6-5-7-11-22/h5-13,16-19H,4,14-15H2,1-3H3,(H2,36,46)(H2,37,47)(H,38,40,48)(H,39,41,49)/b9-8+. The Morgan fingerprint density at radius 2 is 1.37 bits per heavy atom. The fourth-order valence-corrected chi connectivity index (χ4v) is 5.71. The summed E-state index contributed by atoms with van der Waals surface area (Å²) >= 11 is 0. The highest BCUT2D eigenvalue weighted by molar-refractivity contribution is 6.05. The van der Waals surface area contributed by atoms with Crippen LogP contribution in [0.15, 0.2) is 78.9 Å². The molecule has 0 spiro atoms. The molecule has 0 saturated carbocycles. The van der Waals surface area contributed by atoms with E-state index in [1.54, 1.807) is 65.3 Å². The molecule has 3 heterocycles. The van der Waals surface area contributed by atoms with Crippen LogP contribution in [0.5, 0.6) is 0 Å². The molecule has 4 amide bonds. The van der Waals surface area contributed by atoms with E-state index < -0.39 is 11.8 Å². The second kappa shape index (κ2) is 13.3. The highest BCUT2D eigenvalue weighted by Crippen LogP contribution is 2.26. The van der Waals surface area contributed by atoms with E-state index in [9.17, 15) is 19.2 Å². The third kappa shape index (κ3) is 6.52. The number of aromatic nitrogens is 6. The maximum Gasteiger partial charge on any atom is 0.276 e. The zero-order chi connectivity index (χ0) is 34.8. The number of fused-ring (bicyclic) bond motifs is 2. The lowest BCUT2D eigenvalue weighted by atomic mass is 10.1. The molecule has 0 bridgehead atoms. The van der Waals surface area contributed by atoms with Crippen molar-refractivity contribution in [3.8, 4) is 0 Å². The molecule has 0 radical (unpaired) electrons. The number of aryl methyl sites for hydroxylation is 3. The first kappa shape index (κ1) is 32.4. The first-order valence-electron chi connectivity index (χ1n) is 15.5. The largest absolute Gasteiger partial charge is 0.366 e. The fraction of sp³-hybridized carbons (Fsp3) is 0.171. The van der Waals surface area contributed by atoms with Crippen LogP contribution in [0, 0.1) is 13.8 Å². The Labute approximate surface area is 280 Å². The number of hydrogen-bond donors (Lipinski definition) is 4. The zero-order valence-electron chi connectivity index (χ0n) is 27.1. The van der Waals surface area contributed by atoms with E-state index in [-0.39, 0.29) is 23.7 Å². The molecule has 3 aromatic carbocycles. The number of benzene rings is 3. The summed E-state index contributed by atoms with van der Waals surface area (Å²) in [6.07, 6.45) is 3.78. The van der Waals surface area contributed by atoms with Crippen molar-refractivity contribution in [2.24, 2.45) is 11.5 Å². The molecule has 14 nitrogen and oxygen atoms in total. The van der Waals surface area contributed by atoms with Crippen molar-refractivity contribution >= 4 is 57.6 Å². The predicted octanol–water partition coefficient (Wildman–Crippen LogP) is 4.18. The number of hydrogen-bond acceptors (Lipinski definition) is 7.